The summed E-state index contributed by atoms with van der Waals surface area (Å²) >= 11 is 0. The summed E-state index contributed by atoms with van der Waals surface area (Å²) in [5.41, 5.74) is -0.505. The fraction of sp³-hybridized carbons (Fsp3) is 0.273. The fourth-order valence-corrected chi connectivity index (χ4v) is 3.86. The Labute approximate surface area is 170 Å². The van der Waals surface area contributed by atoms with Gasteiger partial charge >= 0.3 is 6.18 Å². The lowest BCUT2D eigenvalue weighted by molar-refractivity contribution is -0.137. The van der Waals surface area contributed by atoms with Gasteiger partial charge in [-0.15, -0.1) is 0 Å². The Bertz CT molecular complexity index is 1020. The number of carbonyl (C=O) groups is 2. The van der Waals surface area contributed by atoms with Crippen LogP contribution >= 0.6 is 0 Å². The number of hydrogen-bond donors (Lipinski definition) is 0. The van der Waals surface area contributed by atoms with Gasteiger partial charge in [-0.05, 0) is 55.2 Å². The molecule has 30 heavy (non-hydrogen) atoms. The highest BCUT2D eigenvalue weighted by molar-refractivity contribution is 6.45. The standard InChI is InChI=1S/C22H18F4N2O2/c23-16-9-7-14(8-10-16)18-19(27-11-2-1-3-12-27)21(30)28(20(18)29)17-6-4-5-15(13-17)22(24,25)26/h4-10,13H,1-3,11-12H2. The van der Waals surface area contributed by atoms with Gasteiger partial charge in [0, 0.05) is 13.1 Å². The number of likely N-dealkylation sites (tertiary alicyclic amines) is 1. The number of anilines is 1. The van der Waals surface area contributed by atoms with E-state index in [0.717, 1.165) is 42.4 Å². The molecule has 4 nitrogen and oxygen atoms in total. The molecule has 2 aromatic carbocycles. The quantitative estimate of drug-likeness (QED) is 0.540. The molecule has 0 radical (unpaired) electrons. The summed E-state index contributed by atoms with van der Waals surface area (Å²) in [6, 6.07) is 9.29. The molecule has 2 aromatic rings. The van der Waals surface area contributed by atoms with Gasteiger partial charge in [0.2, 0.25) is 0 Å². The molecule has 4 rings (SSSR count). The van der Waals surface area contributed by atoms with Gasteiger partial charge in [0.05, 0.1) is 16.8 Å². The van der Waals surface area contributed by atoms with E-state index in [2.05, 4.69) is 0 Å². The monoisotopic (exact) mass is 418 g/mol. The SMILES string of the molecule is O=C1C(c2ccc(F)cc2)=C(N2CCCCC2)C(=O)N1c1cccc(C(F)(F)F)c1. The third kappa shape index (κ3) is 3.58. The van der Waals surface area contributed by atoms with Gasteiger partial charge in [-0.3, -0.25) is 9.59 Å². The topological polar surface area (TPSA) is 40.6 Å². The third-order valence-corrected chi connectivity index (χ3v) is 5.30. The third-order valence-electron chi connectivity index (χ3n) is 5.30. The molecule has 2 heterocycles. The Morgan fingerprint density at radius 2 is 1.50 bits per heavy atom. The summed E-state index contributed by atoms with van der Waals surface area (Å²) in [5.74, 6) is -1.88. The van der Waals surface area contributed by atoms with Gasteiger partial charge < -0.3 is 4.90 Å². The summed E-state index contributed by atoms with van der Waals surface area (Å²) in [6.45, 7) is 1.13. The minimum absolute atomic E-state index is 0.0827. The van der Waals surface area contributed by atoms with E-state index >= 15 is 0 Å². The molecule has 1 saturated heterocycles. The van der Waals surface area contributed by atoms with E-state index in [0.29, 0.717) is 18.7 Å². The fourth-order valence-electron chi connectivity index (χ4n) is 3.86. The number of imide groups is 1. The van der Waals surface area contributed by atoms with Crippen molar-refractivity contribution in [2.45, 2.75) is 25.4 Å². The Balaban J connectivity index is 1.81. The molecule has 2 aliphatic rings. The Hall–Kier alpha value is -3.16. The number of carbonyl (C=O) groups excluding carboxylic acids is 2. The number of benzene rings is 2. The second-order valence-electron chi connectivity index (χ2n) is 7.27. The minimum atomic E-state index is -4.61. The maximum atomic E-state index is 13.4. The number of rotatable bonds is 3. The van der Waals surface area contributed by atoms with Crippen LogP contribution in [0.4, 0.5) is 23.2 Å². The number of nitrogens with zero attached hydrogens (tertiary/aromatic N) is 2. The van der Waals surface area contributed by atoms with Crippen LogP contribution in [0.15, 0.2) is 54.2 Å². The Kier molecular flexibility index (Phi) is 5.09. The number of hydrogen-bond acceptors (Lipinski definition) is 3. The maximum absolute atomic E-state index is 13.4. The van der Waals surface area contributed by atoms with Crippen LogP contribution in [0.3, 0.4) is 0 Å². The van der Waals surface area contributed by atoms with Gasteiger partial charge in [0.1, 0.15) is 11.5 Å². The van der Waals surface area contributed by atoms with Crippen molar-refractivity contribution < 1.29 is 27.2 Å². The number of alkyl halides is 3. The zero-order valence-electron chi connectivity index (χ0n) is 15.9. The molecule has 1 fully saturated rings. The largest absolute Gasteiger partial charge is 0.416 e. The van der Waals surface area contributed by atoms with Crippen molar-refractivity contribution in [3.8, 4) is 0 Å². The zero-order chi connectivity index (χ0) is 21.5. The molecule has 0 N–H and O–H groups in total. The summed E-state index contributed by atoms with van der Waals surface area (Å²) in [5, 5.41) is 0. The minimum Gasteiger partial charge on any atom is -0.366 e. The van der Waals surface area contributed by atoms with Gasteiger partial charge in [-0.2, -0.15) is 13.2 Å². The van der Waals surface area contributed by atoms with Crippen molar-refractivity contribution in [3.63, 3.8) is 0 Å². The number of halogens is 4. The molecule has 2 amide bonds. The lowest BCUT2D eigenvalue weighted by atomic mass is 10.0. The van der Waals surface area contributed by atoms with Crippen molar-refractivity contribution in [2.75, 3.05) is 18.0 Å². The molecule has 0 aromatic heterocycles. The highest BCUT2D eigenvalue weighted by Crippen LogP contribution is 2.38. The van der Waals surface area contributed by atoms with Gasteiger partial charge in [-0.1, -0.05) is 18.2 Å². The van der Waals surface area contributed by atoms with Crippen molar-refractivity contribution in [1.82, 2.24) is 4.90 Å². The highest BCUT2D eigenvalue weighted by atomic mass is 19.4. The smallest absolute Gasteiger partial charge is 0.366 e. The first-order chi connectivity index (χ1) is 14.3. The number of piperidine rings is 1. The van der Waals surface area contributed by atoms with E-state index in [9.17, 15) is 27.2 Å². The van der Waals surface area contributed by atoms with Gasteiger partial charge in [0.25, 0.3) is 11.8 Å². The summed E-state index contributed by atoms with van der Waals surface area (Å²) < 4.78 is 52.9. The predicted octanol–water partition coefficient (Wildman–Crippen LogP) is 4.61. The lowest BCUT2D eigenvalue weighted by Gasteiger charge is -2.29. The van der Waals surface area contributed by atoms with E-state index in [4.69, 9.17) is 0 Å². The molecule has 0 bridgehead atoms. The first kappa shape index (κ1) is 20.1. The molecule has 0 atom stereocenters. The average Bonchev–Trinajstić information content (AvgIpc) is 2.99. The van der Waals surface area contributed by atoms with Gasteiger partial charge in [0.15, 0.2) is 0 Å². The van der Waals surface area contributed by atoms with Crippen molar-refractivity contribution in [1.29, 1.82) is 0 Å². The first-order valence-electron chi connectivity index (χ1n) is 9.58. The van der Waals surface area contributed by atoms with Crippen LogP contribution in [0, 0.1) is 5.82 Å². The summed E-state index contributed by atoms with van der Waals surface area (Å²) in [4.78, 5) is 29.1. The van der Waals surface area contributed by atoms with Crippen LogP contribution in [0.25, 0.3) is 5.57 Å². The molecule has 156 valence electrons. The Morgan fingerprint density at radius 3 is 2.13 bits per heavy atom. The van der Waals surface area contributed by atoms with Crippen LogP contribution in [0.2, 0.25) is 0 Å². The first-order valence-corrected chi connectivity index (χ1v) is 9.58. The lowest BCUT2D eigenvalue weighted by Crippen LogP contribution is -2.37. The second kappa shape index (κ2) is 7.59. The molecule has 8 heteroatoms. The molecule has 0 saturated carbocycles. The van der Waals surface area contributed by atoms with E-state index in [1.807, 2.05) is 0 Å². The molecule has 2 aliphatic heterocycles. The molecule has 0 unspecified atom stereocenters. The van der Waals surface area contributed by atoms with E-state index < -0.39 is 29.4 Å². The van der Waals surface area contributed by atoms with Crippen LogP contribution in [-0.2, 0) is 15.8 Å². The number of amides is 2. The van der Waals surface area contributed by atoms with Crippen molar-refractivity contribution in [3.05, 3.63) is 71.2 Å². The predicted molar refractivity (Wildman–Crippen MR) is 103 cm³/mol. The molecule has 0 spiro atoms. The van der Waals surface area contributed by atoms with Crippen LogP contribution in [0.5, 0.6) is 0 Å². The van der Waals surface area contributed by atoms with Crippen molar-refractivity contribution in [2.24, 2.45) is 0 Å². The molecule has 0 aliphatic carbocycles. The maximum Gasteiger partial charge on any atom is 0.416 e. The second-order valence-corrected chi connectivity index (χ2v) is 7.27. The van der Waals surface area contributed by atoms with E-state index in [-0.39, 0.29) is 17.0 Å². The van der Waals surface area contributed by atoms with Crippen LogP contribution in [0.1, 0.15) is 30.4 Å². The van der Waals surface area contributed by atoms with Gasteiger partial charge in [-0.25, -0.2) is 9.29 Å². The molecular weight excluding hydrogens is 400 g/mol. The summed E-state index contributed by atoms with van der Waals surface area (Å²) in [7, 11) is 0. The van der Waals surface area contributed by atoms with Crippen LogP contribution in [-0.4, -0.2) is 29.8 Å². The van der Waals surface area contributed by atoms with Crippen molar-refractivity contribution >= 4 is 23.1 Å². The van der Waals surface area contributed by atoms with E-state index in [1.165, 1.54) is 30.3 Å². The normalized spacial score (nSPS) is 17.9. The van der Waals surface area contributed by atoms with E-state index in [1.54, 1.807) is 4.90 Å². The Morgan fingerprint density at radius 1 is 0.833 bits per heavy atom. The zero-order valence-corrected chi connectivity index (χ0v) is 15.9. The average molecular weight is 418 g/mol. The molecular formula is C22H18F4N2O2. The summed E-state index contributed by atoms with van der Waals surface area (Å²) in [6.07, 6.45) is -1.93. The highest BCUT2D eigenvalue weighted by Gasteiger charge is 2.43. The van der Waals surface area contributed by atoms with Crippen LogP contribution < -0.4 is 4.90 Å².